The van der Waals surface area contributed by atoms with Crippen molar-refractivity contribution in [2.24, 2.45) is 0 Å². The Morgan fingerprint density at radius 2 is 1.86 bits per heavy atom. The summed E-state index contributed by atoms with van der Waals surface area (Å²) in [4.78, 5) is 29.9. The molecule has 0 atom stereocenters. The monoisotopic (exact) mass is 424 g/mol. The molecule has 10 heteroatoms. The van der Waals surface area contributed by atoms with E-state index in [4.69, 9.17) is 4.74 Å². The van der Waals surface area contributed by atoms with Gasteiger partial charge in [-0.15, -0.1) is 0 Å². The van der Waals surface area contributed by atoms with Crippen LogP contribution < -0.4 is 0 Å². The molecule has 0 saturated heterocycles. The first-order valence-corrected chi connectivity index (χ1v) is 10.9. The second kappa shape index (κ2) is 9.36. The summed E-state index contributed by atoms with van der Waals surface area (Å²) < 4.78 is 32.7. The van der Waals surface area contributed by atoms with Gasteiger partial charge in [-0.1, -0.05) is 0 Å². The minimum absolute atomic E-state index is 0.0946. The number of aromatic nitrogens is 2. The number of carbonyl (C=O) groups is 2. The number of fused-ring (bicyclic) bond motifs is 1. The van der Waals surface area contributed by atoms with Gasteiger partial charge in [0, 0.05) is 40.5 Å². The lowest BCUT2D eigenvalue weighted by molar-refractivity contribution is -0.148. The third kappa shape index (κ3) is 5.13. The highest BCUT2D eigenvalue weighted by Crippen LogP contribution is 2.22. The molecule has 2 aromatic rings. The molecular weight excluding hydrogens is 396 g/mol. The van der Waals surface area contributed by atoms with Crippen molar-refractivity contribution in [3.63, 3.8) is 0 Å². The predicted octanol–water partition coefficient (Wildman–Crippen LogP) is 1.26. The van der Waals surface area contributed by atoms with E-state index in [1.807, 2.05) is 11.5 Å². The number of sulfonamides is 1. The highest BCUT2D eigenvalue weighted by molar-refractivity contribution is 7.89. The fourth-order valence-electron chi connectivity index (χ4n) is 2.97. The van der Waals surface area contributed by atoms with Gasteiger partial charge in [-0.25, -0.2) is 17.7 Å². The Morgan fingerprint density at radius 1 is 1.17 bits per heavy atom. The molecule has 0 saturated carbocycles. The first-order valence-electron chi connectivity index (χ1n) is 9.43. The Kier molecular flexibility index (Phi) is 7.37. The molecule has 0 radical (unpaired) electrons. The Balaban J connectivity index is 2.21. The largest absolute Gasteiger partial charge is 0.465 e. The van der Waals surface area contributed by atoms with Crippen LogP contribution in [-0.4, -0.2) is 73.3 Å². The van der Waals surface area contributed by atoms with E-state index in [1.165, 1.54) is 19.0 Å². The van der Waals surface area contributed by atoms with E-state index >= 15 is 0 Å². The van der Waals surface area contributed by atoms with E-state index in [9.17, 15) is 18.0 Å². The average molecular weight is 425 g/mol. The van der Waals surface area contributed by atoms with E-state index in [-0.39, 0.29) is 30.4 Å². The number of carbonyl (C=O) groups excluding carboxylic acids is 2. The fraction of sp³-hybridized carbons (Fsp3) is 0.526. The van der Waals surface area contributed by atoms with Crippen LogP contribution >= 0.6 is 0 Å². The van der Waals surface area contributed by atoms with Gasteiger partial charge in [-0.3, -0.25) is 9.59 Å². The zero-order valence-electron chi connectivity index (χ0n) is 17.5. The zero-order chi connectivity index (χ0) is 21.8. The molecule has 1 amide bonds. The fourth-order valence-corrected chi connectivity index (χ4v) is 3.89. The summed E-state index contributed by atoms with van der Waals surface area (Å²) in [5.41, 5.74) is 1.38. The number of ether oxygens (including phenoxy) is 1. The van der Waals surface area contributed by atoms with Crippen molar-refractivity contribution in [3.05, 3.63) is 24.0 Å². The van der Waals surface area contributed by atoms with Crippen molar-refractivity contribution in [1.29, 1.82) is 0 Å². The molecule has 1 aromatic carbocycles. The summed E-state index contributed by atoms with van der Waals surface area (Å²) in [5, 5.41) is 0. The summed E-state index contributed by atoms with van der Waals surface area (Å²) in [6.07, 6.45) is 0.562. The Morgan fingerprint density at radius 3 is 2.45 bits per heavy atom. The third-order valence-electron chi connectivity index (χ3n) is 4.55. The van der Waals surface area contributed by atoms with Crippen LogP contribution in [0.3, 0.4) is 0 Å². The number of likely N-dealkylation sites (N-methyl/N-ethyl adjacent to an activating group) is 1. The second-order valence-corrected chi connectivity index (χ2v) is 8.92. The van der Waals surface area contributed by atoms with Crippen molar-refractivity contribution in [3.8, 4) is 0 Å². The Hall–Kier alpha value is -2.46. The van der Waals surface area contributed by atoms with Crippen LogP contribution in [-0.2, 0) is 37.3 Å². The molecule has 1 aromatic heterocycles. The normalized spacial score (nSPS) is 11.8. The SMILES string of the molecule is CCOC(=O)CN(C)C(=O)CCc1nc2cc(S(=O)(=O)N(C)C)ccc2n1CC. The van der Waals surface area contributed by atoms with Gasteiger partial charge in [-0.05, 0) is 32.0 Å². The summed E-state index contributed by atoms with van der Waals surface area (Å²) >= 11 is 0. The summed E-state index contributed by atoms with van der Waals surface area (Å²) in [6, 6.07) is 4.85. The topological polar surface area (TPSA) is 102 Å². The molecule has 9 nitrogen and oxygen atoms in total. The number of amides is 1. The lowest BCUT2D eigenvalue weighted by Crippen LogP contribution is -2.33. The standard InChI is InChI=1S/C19H28N4O5S/c1-6-23-16-9-8-14(29(26,27)21(3)4)12-15(16)20-17(23)10-11-18(24)22(5)13-19(25)28-7-2/h8-9,12H,6-7,10-11,13H2,1-5H3. The number of benzene rings is 1. The highest BCUT2D eigenvalue weighted by Gasteiger charge is 2.20. The molecule has 0 bridgehead atoms. The molecule has 0 aliphatic carbocycles. The molecule has 0 fully saturated rings. The third-order valence-corrected chi connectivity index (χ3v) is 6.36. The number of imidazole rings is 1. The molecule has 0 aliphatic heterocycles. The lowest BCUT2D eigenvalue weighted by atomic mass is 10.2. The maximum absolute atomic E-state index is 12.4. The van der Waals surface area contributed by atoms with Crippen molar-refractivity contribution in [1.82, 2.24) is 18.8 Å². The number of hydrogen-bond donors (Lipinski definition) is 0. The first-order chi connectivity index (χ1) is 13.6. The van der Waals surface area contributed by atoms with Crippen LogP contribution in [0.25, 0.3) is 11.0 Å². The van der Waals surface area contributed by atoms with Crippen molar-refractivity contribution >= 4 is 32.9 Å². The molecule has 1 heterocycles. The Labute approximate surface area is 171 Å². The highest BCUT2D eigenvalue weighted by atomic mass is 32.2. The van der Waals surface area contributed by atoms with Gasteiger partial charge in [0.1, 0.15) is 12.4 Å². The molecule has 0 spiro atoms. The van der Waals surface area contributed by atoms with Crippen LogP contribution in [0.5, 0.6) is 0 Å². The molecule has 0 N–H and O–H groups in total. The van der Waals surface area contributed by atoms with E-state index in [0.29, 0.717) is 24.3 Å². The molecule has 160 valence electrons. The van der Waals surface area contributed by atoms with Gasteiger partial charge in [-0.2, -0.15) is 0 Å². The van der Waals surface area contributed by atoms with Gasteiger partial charge in [0.25, 0.3) is 0 Å². The smallest absolute Gasteiger partial charge is 0.325 e. The van der Waals surface area contributed by atoms with E-state index in [2.05, 4.69) is 4.98 Å². The van der Waals surface area contributed by atoms with Gasteiger partial charge in [0.15, 0.2) is 0 Å². The van der Waals surface area contributed by atoms with Crippen LogP contribution in [0.1, 0.15) is 26.1 Å². The molecule has 2 rings (SSSR count). The summed E-state index contributed by atoms with van der Waals surface area (Å²) in [5.74, 6) is 0.0576. The average Bonchev–Trinajstić information content (AvgIpc) is 3.02. The number of aryl methyl sites for hydroxylation is 2. The van der Waals surface area contributed by atoms with Gasteiger partial charge < -0.3 is 14.2 Å². The minimum Gasteiger partial charge on any atom is -0.465 e. The predicted molar refractivity (Wildman–Crippen MR) is 109 cm³/mol. The van der Waals surface area contributed by atoms with Crippen LogP contribution in [0, 0.1) is 0 Å². The van der Waals surface area contributed by atoms with Crippen LogP contribution in [0.15, 0.2) is 23.1 Å². The summed E-state index contributed by atoms with van der Waals surface area (Å²) in [6.45, 7) is 4.49. The number of rotatable bonds is 9. The van der Waals surface area contributed by atoms with E-state index in [0.717, 1.165) is 9.82 Å². The maximum atomic E-state index is 12.4. The number of nitrogens with zero attached hydrogens (tertiary/aromatic N) is 4. The quantitative estimate of drug-likeness (QED) is 0.562. The van der Waals surface area contributed by atoms with E-state index < -0.39 is 16.0 Å². The first kappa shape index (κ1) is 22.8. The molecule has 0 aliphatic rings. The molecule has 0 unspecified atom stereocenters. The molecule has 29 heavy (non-hydrogen) atoms. The lowest BCUT2D eigenvalue weighted by Gasteiger charge is -2.16. The van der Waals surface area contributed by atoms with Crippen molar-refractivity contribution < 1.29 is 22.7 Å². The second-order valence-electron chi connectivity index (χ2n) is 6.77. The Bertz CT molecular complexity index is 997. The molecular formula is C19H28N4O5S. The van der Waals surface area contributed by atoms with Crippen molar-refractivity contribution in [2.45, 2.75) is 38.1 Å². The van der Waals surface area contributed by atoms with Crippen molar-refractivity contribution in [2.75, 3.05) is 34.3 Å². The van der Waals surface area contributed by atoms with Gasteiger partial charge in [0.05, 0.1) is 22.5 Å². The minimum atomic E-state index is -3.55. The van der Waals surface area contributed by atoms with Crippen LogP contribution in [0.4, 0.5) is 0 Å². The van der Waals surface area contributed by atoms with Gasteiger partial charge in [0.2, 0.25) is 15.9 Å². The maximum Gasteiger partial charge on any atom is 0.325 e. The number of esters is 1. The van der Waals surface area contributed by atoms with Gasteiger partial charge >= 0.3 is 5.97 Å². The van der Waals surface area contributed by atoms with E-state index in [1.54, 1.807) is 32.2 Å². The zero-order valence-corrected chi connectivity index (χ0v) is 18.3. The number of hydrogen-bond acceptors (Lipinski definition) is 6. The summed E-state index contributed by atoms with van der Waals surface area (Å²) in [7, 11) is 0.964. The van der Waals surface area contributed by atoms with Crippen LogP contribution in [0.2, 0.25) is 0 Å².